The Morgan fingerprint density at radius 2 is 1.84 bits per heavy atom. The van der Waals surface area contributed by atoms with E-state index in [0.29, 0.717) is 11.7 Å². The maximum atomic E-state index is 13.0. The number of aromatic nitrogens is 1. The summed E-state index contributed by atoms with van der Waals surface area (Å²) in [6.45, 7) is 8.04. The van der Waals surface area contributed by atoms with Crippen molar-refractivity contribution in [3.8, 4) is 11.1 Å². The molecule has 2 aromatic rings. The molecule has 166 valence electrons. The highest BCUT2D eigenvalue weighted by atomic mass is 16.6. The summed E-state index contributed by atoms with van der Waals surface area (Å²) in [5, 5.41) is 0. The lowest BCUT2D eigenvalue weighted by molar-refractivity contribution is 0.0222. The van der Waals surface area contributed by atoms with Crippen molar-refractivity contribution in [2.45, 2.75) is 64.0 Å². The van der Waals surface area contributed by atoms with Gasteiger partial charge in [0.25, 0.3) is 0 Å². The van der Waals surface area contributed by atoms with E-state index >= 15 is 0 Å². The normalized spacial score (nSPS) is 20.1. The molecule has 4 rings (SSSR count). The maximum absolute atomic E-state index is 13.0. The predicted molar refractivity (Wildman–Crippen MR) is 122 cm³/mol. The minimum atomic E-state index is -0.509. The van der Waals surface area contributed by atoms with E-state index in [0.717, 1.165) is 56.6 Å². The van der Waals surface area contributed by atoms with Gasteiger partial charge < -0.3 is 20.1 Å². The molecule has 1 amide bonds. The molecular formula is C25H33N3O3. The molecule has 2 aliphatic heterocycles. The zero-order valence-corrected chi connectivity index (χ0v) is 18.8. The quantitative estimate of drug-likeness (QED) is 0.725. The van der Waals surface area contributed by atoms with Gasteiger partial charge in [0.15, 0.2) is 0 Å². The van der Waals surface area contributed by atoms with E-state index in [1.54, 1.807) is 0 Å². The summed E-state index contributed by atoms with van der Waals surface area (Å²) in [6.07, 6.45) is 5.52. The molecule has 0 saturated carbocycles. The van der Waals surface area contributed by atoms with E-state index < -0.39 is 5.60 Å². The molecule has 0 spiro atoms. The first-order chi connectivity index (χ1) is 14.8. The lowest BCUT2D eigenvalue weighted by Gasteiger charge is -2.32. The Hall–Kier alpha value is -2.60. The first kappa shape index (κ1) is 21.6. The number of hydrogen-bond donors (Lipinski definition) is 1. The van der Waals surface area contributed by atoms with Gasteiger partial charge >= 0.3 is 6.09 Å². The van der Waals surface area contributed by atoms with E-state index in [2.05, 4.69) is 23.2 Å². The number of ether oxygens (including phenoxy) is 2. The van der Waals surface area contributed by atoms with Crippen LogP contribution in [0.1, 0.15) is 69.5 Å². The number of nitrogens with two attached hydrogens (primary N) is 1. The molecule has 6 nitrogen and oxygen atoms in total. The van der Waals surface area contributed by atoms with Crippen LogP contribution < -0.4 is 5.73 Å². The number of anilines is 1. The number of amides is 1. The maximum Gasteiger partial charge on any atom is 0.410 e. The summed E-state index contributed by atoms with van der Waals surface area (Å²) in [7, 11) is 0. The third-order valence-corrected chi connectivity index (χ3v) is 6.11. The van der Waals surface area contributed by atoms with Gasteiger partial charge in [0, 0.05) is 31.5 Å². The van der Waals surface area contributed by atoms with Crippen LogP contribution >= 0.6 is 0 Å². The fraction of sp³-hybridized carbons (Fsp3) is 0.520. The number of likely N-dealkylation sites (tertiary alicyclic amines) is 1. The van der Waals surface area contributed by atoms with Crippen molar-refractivity contribution in [2.24, 2.45) is 0 Å². The predicted octanol–water partition coefficient (Wildman–Crippen LogP) is 5.30. The molecule has 0 bridgehead atoms. The first-order valence-electron chi connectivity index (χ1n) is 11.2. The standard InChI is InChI=1S/C25H33N3O3/c1-25(2,3)31-24(29)28-12-4-5-22(28)21-15-18(19-7-9-23(26)27-16-19)6-8-20(21)17-10-13-30-14-11-17/h6-9,15-17,22H,4-5,10-14H2,1-3H3,(H2,26,27)/t22-/m0/s1. The second-order valence-corrected chi connectivity index (χ2v) is 9.53. The number of benzene rings is 1. The number of nitrogens with zero attached hydrogens (tertiary/aromatic N) is 2. The summed E-state index contributed by atoms with van der Waals surface area (Å²) in [6, 6.07) is 10.5. The van der Waals surface area contributed by atoms with E-state index in [-0.39, 0.29) is 12.1 Å². The third kappa shape index (κ3) is 5.01. The number of hydrogen-bond acceptors (Lipinski definition) is 5. The summed E-state index contributed by atoms with van der Waals surface area (Å²) in [5.41, 5.74) is 9.94. The van der Waals surface area contributed by atoms with Gasteiger partial charge in [-0.1, -0.05) is 12.1 Å². The molecule has 0 radical (unpaired) electrons. The van der Waals surface area contributed by atoms with Gasteiger partial charge in [0.2, 0.25) is 0 Å². The van der Waals surface area contributed by atoms with Crippen LogP contribution in [0.5, 0.6) is 0 Å². The Morgan fingerprint density at radius 1 is 1.10 bits per heavy atom. The van der Waals surface area contributed by atoms with Crippen LogP contribution in [0.25, 0.3) is 11.1 Å². The lowest BCUT2D eigenvalue weighted by atomic mass is 9.84. The Balaban J connectivity index is 1.72. The van der Waals surface area contributed by atoms with Crippen LogP contribution in [0, 0.1) is 0 Å². The van der Waals surface area contributed by atoms with Crippen molar-refractivity contribution in [1.29, 1.82) is 0 Å². The Morgan fingerprint density at radius 3 is 2.52 bits per heavy atom. The smallest absolute Gasteiger partial charge is 0.410 e. The number of pyridine rings is 1. The van der Waals surface area contributed by atoms with Crippen LogP contribution in [0.4, 0.5) is 10.6 Å². The molecular weight excluding hydrogens is 390 g/mol. The largest absolute Gasteiger partial charge is 0.444 e. The molecule has 1 aromatic heterocycles. The zero-order valence-electron chi connectivity index (χ0n) is 18.8. The average Bonchev–Trinajstić information content (AvgIpc) is 3.23. The highest BCUT2D eigenvalue weighted by molar-refractivity contribution is 5.70. The van der Waals surface area contributed by atoms with Crippen LogP contribution in [-0.4, -0.2) is 41.3 Å². The molecule has 31 heavy (non-hydrogen) atoms. The molecule has 3 heterocycles. The number of carbonyl (C=O) groups excluding carboxylic acids is 1. The highest BCUT2D eigenvalue weighted by Gasteiger charge is 2.35. The molecule has 2 aliphatic rings. The van der Waals surface area contributed by atoms with Crippen molar-refractivity contribution in [3.05, 3.63) is 47.7 Å². The van der Waals surface area contributed by atoms with Gasteiger partial charge in [-0.15, -0.1) is 0 Å². The lowest BCUT2D eigenvalue weighted by Crippen LogP contribution is -2.36. The van der Waals surface area contributed by atoms with Gasteiger partial charge in [-0.2, -0.15) is 0 Å². The van der Waals surface area contributed by atoms with Gasteiger partial charge in [-0.05, 0) is 87.3 Å². The van der Waals surface area contributed by atoms with Crippen molar-refractivity contribution >= 4 is 11.9 Å². The van der Waals surface area contributed by atoms with E-state index in [1.807, 2.05) is 44.0 Å². The molecule has 2 N–H and O–H groups in total. The molecule has 0 unspecified atom stereocenters. The average molecular weight is 424 g/mol. The fourth-order valence-corrected chi connectivity index (χ4v) is 4.63. The number of nitrogen functional groups attached to an aromatic ring is 1. The molecule has 1 aromatic carbocycles. The van der Waals surface area contributed by atoms with E-state index in [4.69, 9.17) is 15.2 Å². The summed E-state index contributed by atoms with van der Waals surface area (Å²) < 4.78 is 11.3. The van der Waals surface area contributed by atoms with Crippen molar-refractivity contribution in [1.82, 2.24) is 9.88 Å². The topological polar surface area (TPSA) is 77.7 Å². The number of rotatable bonds is 3. The molecule has 2 fully saturated rings. The minimum absolute atomic E-state index is 0.0226. The first-order valence-corrected chi connectivity index (χ1v) is 11.2. The van der Waals surface area contributed by atoms with Crippen LogP contribution in [0.2, 0.25) is 0 Å². The van der Waals surface area contributed by atoms with Crippen LogP contribution in [0.15, 0.2) is 36.5 Å². The zero-order chi connectivity index (χ0) is 22.0. The van der Waals surface area contributed by atoms with Gasteiger partial charge in [0.05, 0.1) is 6.04 Å². The summed E-state index contributed by atoms with van der Waals surface area (Å²) >= 11 is 0. The van der Waals surface area contributed by atoms with Crippen molar-refractivity contribution in [2.75, 3.05) is 25.5 Å². The highest BCUT2D eigenvalue weighted by Crippen LogP contribution is 2.41. The monoisotopic (exact) mass is 423 g/mol. The third-order valence-electron chi connectivity index (χ3n) is 6.11. The van der Waals surface area contributed by atoms with Crippen molar-refractivity contribution in [3.63, 3.8) is 0 Å². The second kappa shape index (κ2) is 8.87. The molecule has 0 aliphatic carbocycles. The Bertz CT molecular complexity index is 915. The van der Waals surface area contributed by atoms with Gasteiger partial charge in [-0.25, -0.2) is 9.78 Å². The Kier molecular flexibility index (Phi) is 6.19. The van der Waals surface area contributed by atoms with E-state index in [9.17, 15) is 4.79 Å². The molecule has 6 heteroatoms. The Labute approximate surface area is 184 Å². The van der Waals surface area contributed by atoms with Gasteiger partial charge in [-0.3, -0.25) is 0 Å². The minimum Gasteiger partial charge on any atom is -0.444 e. The van der Waals surface area contributed by atoms with E-state index in [1.165, 1.54) is 11.1 Å². The fourth-order valence-electron chi connectivity index (χ4n) is 4.63. The molecule has 2 saturated heterocycles. The molecule has 1 atom stereocenters. The summed E-state index contributed by atoms with van der Waals surface area (Å²) in [5.74, 6) is 0.957. The summed E-state index contributed by atoms with van der Waals surface area (Å²) in [4.78, 5) is 19.2. The van der Waals surface area contributed by atoms with Crippen molar-refractivity contribution < 1.29 is 14.3 Å². The number of carbonyl (C=O) groups is 1. The van der Waals surface area contributed by atoms with Crippen LogP contribution in [0.3, 0.4) is 0 Å². The second-order valence-electron chi connectivity index (χ2n) is 9.53. The van der Waals surface area contributed by atoms with Gasteiger partial charge in [0.1, 0.15) is 11.4 Å². The SMILES string of the molecule is CC(C)(C)OC(=O)N1CCC[C@H]1c1cc(-c2ccc(N)nc2)ccc1C1CCOCC1. The van der Waals surface area contributed by atoms with Crippen LogP contribution in [-0.2, 0) is 9.47 Å².